The third kappa shape index (κ3) is 2.64. The van der Waals surface area contributed by atoms with Gasteiger partial charge in [-0.3, -0.25) is 5.10 Å². The number of nitrogen functional groups attached to an aromatic ring is 1. The lowest BCUT2D eigenvalue weighted by atomic mass is 9.51. The van der Waals surface area contributed by atoms with Gasteiger partial charge in [-0.2, -0.15) is 5.10 Å². The molecule has 0 radical (unpaired) electrons. The van der Waals surface area contributed by atoms with Crippen molar-refractivity contribution in [3.8, 4) is 0 Å². The van der Waals surface area contributed by atoms with Crippen LogP contribution in [0.25, 0.3) is 16.5 Å². The number of H-pyrrole nitrogens is 1. The molecule has 2 saturated carbocycles. The molecule has 2 aliphatic heterocycles. The molecular weight excluding hydrogens is 459 g/mol. The first-order valence-corrected chi connectivity index (χ1v) is 13.4. The molecule has 5 N–H and O–H groups in total. The Balaban J connectivity index is 1.27. The number of benzene rings is 1. The van der Waals surface area contributed by atoms with Crippen LogP contribution >= 0.6 is 0 Å². The van der Waals surface area contributed by atoms with Crippen LogP contribution in [0.5, 0.6) is 0 Å². The summed E-state index contributed by atoms with van der Waals surface area (Å²) in [7, 11) is 3.86. The van der Waals surface area contributed by atoms with E-state index < -0.39 is 29.1 Å². The molecule has 194 valence electrons. The normalized spacial score (nSPS) is 47.5. The number of nitrogens with two attached hydrogens (primary N) is 1. The highest BCUT2D eigenvalue weighted by Crippen LogP contribution is 2.72. The van der Waals surface area contributed by atoms with Gasteiger partial charge in [-0.15, -0.1) is 0 Å². The van der Waals surface area contributed by atoms with Gasteiger partial charge in [0.2, 0.25) is 0 Å². The third-order valence-corrected chi connectivity index (χ3v) is 11.1. The minimum Gasteiger partial charge on any atom is -0.390 e. The van der Waals surface area contributed by atoms with Gasteiger partial charge in [0, 0.05) is 23.3 Å². The number of ether oxygens (including phenoxy) is 1. The Hall–Kier alpha value is -2.00. The first kappa shape index (κ1) is 23.1. The fourth-order valence-electron chi connectivity index (χ4n) is 9.22. The molecule has 1 aromatic heterocycles. The Labute approximate surface area is 210 Å². The standard InChI is InChI=1S/C28H37FN4O3/c1-25-8-10-27(29)13-18-22(34)23(35)20(33(2)3)14-26(18)9-11-28(27,36-26)21(25)7-6-17(25)15-4-5-16-19(12-15)31-32-24(16)30/h4-6,12,18,20-23,34-35H,7-11,13-14H2,1-3H3,(H3,30,31,32)/t18?,20-,21?,22+,23+,25+,26+,27?,28-/m0/s1. The number of aliphatic hydroxyl groups excluding tert-OH is 2. The Morgan fingerprint density at radius 2 is 1.94 bits per heavy atom. The number of likely N-dealkylation sites (N-methyl/N-ethyl adjacent to an activating group) is 1. The maximum Gasteiger partial charge on any atom is 0.153 e. The van der Waals surface area contributed by atoms with E-state index in [9.17, 15) is 10.2 Å². The lowest BCUT2D eigenvalue weighted by Gasteiger charge is -2.64. The van der Waals surface area contributed by atoms with Gasteiger partial charge in [0.25, 0.3) is 0 Å². The SMILES string of the molecule is CN(C)[C@H]1C[C@@]23CC[C@]4(O2)C2CC=C(c5ccc6c(N)n[nH]c6c5)[C@@]2(C)CCC4(F)CC3[C@@H](O)[C@@H]1O. The van der Waals surface area contributed by atoms with Crippen LogP contribution in [-0.4, -0.2) is 74.5 Å². The molecular formula is C28H37FN4O3. The third-order valence-electron chi connectivity index (χ3n) is 11.1. The minimum atomic E-state index is -1.50. The number of nitrogens with one attached hydrogen (secondary N) is 1. The van der Waals surface area contributed by atoms with Crippen molar-refractivity contribution in [1.82, 2.24) is 15.1 Å². The number of aliphatic hydroxyl groups is 2. The van der Waals surface area contributed by atoms with Crippen LogP contribution in [0.3, 0.4) is 0 Å². The zero-order chi connectivity index (χ0) is 25.3. The summed E-state index contributed by atoms with van der Waals surface area (Å²) in [6.07, 6.45) is 4.65. The number of anilines is 1. The molecule has 3 heterocycles. The van der Waals surface area contributed by atoms with Crippen molar-refractivity contribution in [3.05, 3.63) is 29.8 Å². The zero-order valence-electron chi connectivity index (χ0n) is 21.3. The largest absolute Gasteiger partial charge is 0.390 e. The molecule has 5 aliphatic rings. The Morgan fingerprint density at radius 3 is 2.72 bits per heavy atom. The van der Waals surface area contributed by atoms with Crippen LogP contribution in [0.1, 0.15) is 57.4 Å². The molecule has 7 rings (SSSR count). The fraction of sp³-hybridized carbons (Fsp3) is 0.679. The summed E-state index contributed by atoms with van der Waals surface area (Å²) >= 11 is 0. The molecule has 9 atom stereocenters. The lowest BCUT2D eigenvalue weighted by molar-refractivity contribution is -0.314. The predicted octanol–water partition coefficient (Wildman–Crippen LogP) is 3.42. The van der Waals surface area contributed by atoms with E-state index >= 15 is 4.39 Å². The van der Waals surface area contributed by atoms with Crippen molar-refractivity contribution >= 4 is 22.3 Å². The average Bonchev–Trinajstić information content (AvgIpc) is 3.50. The average molecular weight is 497 g/mol. The molecule has 2 saturated heterocycles. The van der Waals surface area contributed by atoms with Crippen molar-refractivity contribution in [2.75, 3.05) is 19.8 Å². The summed E-state index contributed by atoms with van der Waals surface area (Å²) in [5.74, 6) is 0.149. The Morgan fingerprint density at radius 1 is 1.14 bits per heavy atom. The topological polar surface area (TPSA) is 108 Å². The fourth-order valence-corrected chi connectivity index (χ4v) is 9.22. The number of allylic oxidation sites excluding steroid dienone is 2. The second kappa shape index (κ2) is 7.10. The van der Waals surface area contributed by atoms with E-state index in [4.69, 9.17) is 10.5 Å². The van der Waals surface area contributed by atoms with E-state index in [-0.39, 0.29) is 29.7 Å². The van der Waals surface area contributed by atoms with Crippen LogP contribution < -0.4 is 5.73 Å². The second-order valence-electron chi connectivity index (χ2n) is 12.7. The highest BCUT2D eigenvalue weighted by Gasteiger charge is 2.77. The monoisotopic (exact) mass is 496 g/mol. The van der Waals surface area contributed by atoms with Gasteiger partial charge in [-0.05, 0) is 87.7 Å². The van der Waals surface area contributed by atoms with Crippen molar-refractivity contribution in [1.29, 1.82) is 0 Å². The second-order valence-corrected chi connectivity index (χ2v) is 12.7. The van der Waals surface area contributed by atoms with E-state index in [0.717, 1.165) is 35.7 Å². The molecule has 2 bridgehead atoms. The maximum absolute atomic E-state index is 17.2. The van der Waals surface area contributed by atoms with Gasteiger partial charge in [0.1, 0.15) is 11.3 Å². The highest BCUT2D eigenvalue weighted by atomic mass is 19.1. The molecule has 1 aromatic carbocycles. The lowest BCUT2D eigenvalue weighted by Crippen LogP contribution is -2.72. The predicted molar refractivity (Wildman–Crippen MR) is 136 cm³/mol. The summed E-state index contributed by atoms with van der Waals surface area (Å²) in [5, 5.41) is 30.1. The number of halogens is 1. The molecule has 8 heteroatoms. The van der Waals surface area contributed by atoms with Crippen molar-refractivity contribution in [2.45, 2.75) is 87.0 Å². The van der Waals surface area contributed by atoms with Gasteiger partial charge in [-0.1, -0.05) is 19.1 Å². The molecule has 4 fully saturated rings. The molecule has 0 amide bonds. The molecule has 3 aliphatic carbocycles. The van der Waals surface area contributed by atoms with Crippen LogP contribution in [0.15, 0.2) is 24.3 Å². The summed E-state index contributed by atoms with van der Waals surface area (Å²) < 4.78 is 24.3. The number of rotatable bonds is 2. The van der Waals surface area contributed by atoms with Gasteiger partial charge < -0.3 is 25.6 Å². The van der Waals surface area contributed by atoms with Crippen molar-refractivity contribution in [2.24, 2.45) is 17.3 Å². The van der Waals surface area contributed by atoms with Crippen molar-refractivity contribution < 1.29 is 19.3 Å². The number of hydrogen-bond acceptors (Lipinski definition) is 6. The first-order valence-electron chi connectivity index (χ1n) is 13.4. The number of aromatic nitrogens is 2. The molecule has 36 heavy (non-hydrogen) atoms. The number of alkyl halides is 1. The molecule has 7 nitrogen and oxygen atoms in total. The zero-order valence-corrected chi connectivity index (χ0v) is 21.3. The molecule has 2 aromatic rings. The van der Waals surface area contributed by atoms with Crippen LogP contribution in [-0.2, 0) is 4.74 Å². The van der Waals surface area contributed by atoms with E-state index in [1.807, 2.05) is 25.1 Å². The van der Waals surface area contributed by atoms with Crippen LogP contribution in [0, 0.1) is 17.3 Å². The van der Waals surface area contributed by atoms with Crippen LogP contribution in [0.4, 0.5) is 10.2 Å². The summed E-state index contributed by atoms with van der Waals surface area (Å²) in [6, 6.07) is 6.03. The Kier molecular flexibility index (Phi) is 4.56. The quantitative estimate of drug-likeness (QED) is 0.508. The number of nitrogens with zero attached hydrogens (tertiary/aromatic N) is 2. The smallest absolute Gasteiger partial charge is 0.153 e. The number of aromatic amines is 1. The van der Waals surface area contributed by atoms with Gasteiger partial charge in [0.15, 0.2) is 5.82 Å². The summed E-state index contributed by atoms with van der Waals surface area (Å²) in [6.45, 7) is 2.29. The van der Waals surface area contributed by atoms with Gasteiger partial charge in [-0.25, -0.2) is 4.39 Å². The van der Waals surface area contributed by atoms with Crippen molar-refractivity contribution in [3.63, 3.8) is 0 Å². The summed E-state index contributed by atoms with van der Waals surface area (Å²) in [4.78, 5) is 1.98. The van der Waals surface area contributed by atoms with E-state index in [0.29, 0.717) is 25.1 Å². The summed E-state index contributed by atoms with van der Waals surface area (Å²) in [5.41, 5.74) is 6.13. The van der Waals surface area contributed by atoms with E-state index in [1.165, 1.54) is 5.57 Å². The van der Waals surface area contributed by atoms with Gasteiger partial charge in [0.05, 0.1) is 23.3 Å². The number of fused-ring (bicyclic) bond motifs is 2. The highest BCUT2D eigenvalue weighted by molar-refractivity contribution is 5.91. The molecule has 2 spiro atoms. The maximum atomic E-state index is 17.2. The van der Waals surface area contributed by atoms with Gasteiger partial charge >= 0.3 is 0 Å². The minimum absolute atomic E-state index is 0.0309. The molecule has 3 unspecified atom stereocenters. The number of hydrogen-bond donors (Lipinski definition) is 4. The first-order chi connectivity index (χ1) is 17.0. The van der Waals surface area contributed by atoms with E-state index in [1.54, 1.807) is 0 Å². The Bertz CT molecular complexity index is 1280. The van der Waals surface area contributed by atoms with E-state index in [2.05, 4.69) is 35.3 Å². The van der Waals surface area contributed by atoms with Crippen LogP contribution in [0.2, 0.25) is 0 Å².